The molecule has 20 heavy (non-hydrogen) atoms. The SMILES string of the molecule is CC1(C)C(=O)Nc2cc(-c3cn(C4CC4)cn3)ccc21. The highest BCUT2D eigenvalue weighted by molar-refractivity contribution is 6.06. The molecule has 2 aliphatic rings. The molecule has 102 valence electrons. The van der Waals surface area contributed by atoms with Gasteiger partial charge in [-0.2, -0.15) is 0 Å². The number of anilines is 1. The summed E-state index contributed by atoms with van der Waals surface area (Å²) in [7, 11) is 0. The summed E-state index contributed by atoms with van der Waals surface area (Å²) in [6, 6.07) is 6.77. The topological polar surface area (TPSA) is 46.9 Å². The number of rotatable bonds is 2. The van der Waals surface area contributed by atoms with Gasteiger partial charge in [-0.15, -0.1) is 0 Å². The van der Waals surface area contributed by atoms with Crippen molar-refractivity contribution in [2.45, 2.75) is 38.1 Å². The van der Waals surface area contributed by atoms with Crippen LogP contribution in [0.3, 0.4) is 0 Å². The number of fused-ring (bicyclic) bond motifs is 1. The van der Waals surface area contributed by atoms with Crippen molar-refractivity contribution in [3.05, 3.63) is 36.3 Å². The summed E-state index contributed by atoms with van der Waals surface area (Å²) in [5.41, 5.74) is 3.56. The quantitative estimate of drug-likeness (QED) is 0.908. The number of carbonyl (C=O) groups is 1. The van der Waals surface area contributed by atoms with Gasteiger partial charge in [0.25, 0.3) is 0 Å². The van der Waals surface area contributed by atoms with E-state index in [-0.39, 0.29) is 5.91 Å². The zero-order chi connectivity index (χ0) is 13.9. The normalized spacial score (nSPS) is 19.8. The van der Waals surface area contributed by atoms with Crippen molar-refractivity contribution >= 4 is 11.6 Å². The predicted molar refractivity (Wildman–Crippen MR) is 77.6 cm³/mol. The molecule has 0 unspecified atom stereocenters. The van der Waals surface area contributed by atoms with Gasteiger partial charge in [-0.3, -0.25) is 4.79 Å². The van der Waals surface area contributed by atoms with Gasteiger partial charge < -0.3 is 9.88 Å². The van der Waals surface area contributed by atoms with E-state index < -0.39 is 5.41 Å². The van der Waals surface area contributed by atoms with E-state index in [4.69, 9.17) is 0 Å². The predicted octanol–water partition coefficient (Wildman–Crippen LogP) is 3.11. The fourth-order valence-corrected chi connectivity index (χ4v) is 2.81. The molecule has 0 spiro atoms. The van der Waals surface area contributed by atoms with Crippen molar-refractivity contribution in [2.75, 3.05) is 5.32 Å². The first-order chi connectivity index (χ1) is 9.55. The van der Waals surface area contributed by atoms with Gasteiger partial charge in [-0.05, 0) is 38.3 Å². The van der Waals surface area contributed by atoms with Crippen molar-refractivity contribution in [3.63, 3.8) is 0 Å². The van der Waals surface area contributed by atoms with E-state index in [1.807, 2.05) is 32.3 Å². The van der Waals surface area contributed by atoms with Crippen LogP contribution in [-0.4, -0.2) is 15.5 Å². The first-order valence-electron chi connectivity index (χ1n) is 7.05. The molecule has 2 aromatic rings. The van der Waals surface area contributed by atoms with Crippen LogP contribution < -0.4 is 5.32 Å². The summed E-state index contributed by atoms with van der Waals surface area (Å²) in [6.07, 6.45) is 6.51. The highest BCUT2D eigenvalue weighted by Crippen LogP contribution is 2.40. The molecule has 0 atom stereocenters. The zero-order valence-corrected chi connectivity index (χ0v) is 11.7. The number of benzene rings is 1. The summed E-state index contributed by atoms with van der Waals surface area (Å²) in [6.45, 7) is 3.91. The third-order valence-electron chi connectivity index (χ3n) is 4.37. The first kappa shape index (κ1) is 11.7. The fraction of sp³-hybridized carbons (Fsp3) is 0.375. The fourth-order valence-electron chi connectivity index (χ4n) is 2.81. The lowest BCUT2D eigenvalue weighted by atomic mass is 9.86. The number of imidazole rings is 1. The van der Waals surface area contributed by atoms with E-state index in [9.17, 15) is 4.79 Å². The number of nitrogens with one attached hydrogen (secondary N) is 1. The standard InChI is InChI=1S/C16H17N3O/c1-16(2)12-6-3-10(7-13(12)18-15(16)20)14-8-19(9-17-14)11-4-5-11/h3,6-9,11H,4-5H2,1-2H3,(H,18,20). The second-order valence-electron chi connectivity index (χ2n) is 6.28. The third kappa shape index (κ3) is 1.60. The van der Waals surface area contributed by atoms with Crippen LogP contribution in [0.15, 0.2) is 30.7 Å². The molecule has 0 radical (unpaired) electrons. The Morgan fingerprint density at radius 3 is 2.90 bits per heavy atom. The summed E-state index contributed by atoms with van der Waals surface area (Å²) in [4.78, 5) is 16.5. The minimum absolute atomic E-state index is 0.0631. The molecular weight excluding hydrogens is 250 g/mol. The molecule has 1 aromatic carbocycles. The summed E-state index contributed by atoms with van der Waals surface area (Å²) < 4.78 is 2.19. The van der Waals surface area contributed by atoms with Crippen LogP contribution in [0.2, 0.25) is 0 Å². The van der Waals surface area contributed by atoms with Crippen molar-refractivity contribution < 1.29 is 4.79 Å². The summed E-state index contributed by atoms with van der Waals surface area (Å²) in [5, 5.41) is 2.97. The van der Waals surface area contributed by atoms with Gasteiger partial charge in [-0.1, -0.05) is 12.1 Å². The van der Waals surface area contributed by atoms with E-state index >= 15 is 0 Å². The Bertz CT molecular complexity index is 710. The van der Waals surface area contributed by atoms with E-state index in [0.29, 0.717) is 6.04 Å². The van der Waals surface area contributed by atoms with Crippen LogP contribution in [-0.2, 0) is 10.2 Å². The molecule has 0 saturated heterocycles. The first-order valence-corrected chi connectivity index (χ1v) is 7.05. The van der Waals surface area contributed by atoms with E-state index in [1.165, 1.54) is 12.8 Å². The van der Waals surface area contributed by atoms with E-state index in [2.05, 4.69) is 27.1 Å². The molecule has 0 bridgehead atoms. The van der Waals surface area contributed by atoms with Gasteiger partial charge in [0.05, 0.1) is 17.4 Å². The minimum Gasteiger partial charge on any atom is -0.334 e. The second kappa shape index (κ2) is 3.72. The summed E-state index contributed by atoms with van der Waals surface area (Å²) >= 11 is 0. The summed E-state index contributed by atoms with van der Waals surface area (Å²) in [5.74, 6) is 0.0631. The molecule has 2 heterocycles. The minimum atomic E-state index is -0.443. The lowest BCUT2D eigenvalue weighted by Gasteiger charge is -2.14. The van der Waals surface area contributed by atoms with Crippen molar-refractivity contribution in [1.29, 1.82) is 0 Å². The van der Waals surface area contributed by atoms with Crippen molar-refractivity contribution in [1.82, 2.24) is 9.55 Å². The molecule has 1 fully saturated rings. The van der Waals surface area contributed by atoms with Crippen LogP contribution in [0.25, 0.3) is 11.3 Å². The van der Waals surface area contributed by atoms with Gasteiger partial charge >= 0.3 is 0 Å². The average molecular weight is 267 g/mol. The maximum absolute atomic E-state index is 12.0. The Kier molecular flexibility index (Phi) is 2.18. The maximum atomic E-state index is 12.0. The molecule has 1 aliphatic carbocycles. The Balaban J connectivity index is 1.74. The van der Waals surface area contributed by atoms with Crippen molar-refractivity contribution in [3.8, 4) is 11.3 Å². The number of amides is 1. The average Bonchev–Trinajstić information content (AvgIpc) is 3.10. The number of carbonyl (C=O) groups excluding carboxylic acids is 1. The highest BCUT2D eigenvalue weighted by Gasteiger charge is 2.38. The van der Waals surface area contributed by atoms with Crippen molar-refractivity contribution in [2.24, 2.45) is 0 Å². The zero-order valence-electron chi connectivity index (χ0n) is 11.7. The van der Waals surface area contributed by atoms with Gasteiger partial charge in [0.1, 0.15) is 0 Å². The maximum Gasteiger partial charge on any atom is 0.234 e. The van der Waals surface area contributed by atoms with Gasteiger partial charge in [0.2, 0.25) is 5.91 Å². The molecule has 1 aromatic heterocycles. The molecule has 1 aliphatic heterocycles. The largest absolute Gasteiger partial charge is 0.334 e. The molecule has 1 N–H and O–H groups in total. The molecule has 4 rings (SSSR count). The number of aromatic nitrogens is 2. The number of hydrogen-bond donors (Lipinski definition) is 1. The van der Waals surface area contributed by atoms with Crippen LogP contribution >= 0.6 is 0 Å². The second-order valence-corrected chi connectivity index (χ2v) is 6.28. The lowest BCUT2D eigenvalue weighted by Crippen LogP contribution is -2.26. The Labute approximate surface area is 117 Å². The molecule has 1 amide bonds. The van der Waals surface area contributed by atoms with E-state index in [1.54, 1.807) is 0 Å². The molecular formula is C16H17N3O. The highest BCUT2D eigenvalue weighted by atomic mass is 16.2. The van der Waals surface area contributed by atoms with E-state index in [0.717, 1.165) is 22.5 Å². The number of hydrogen-bond acceptors (Lipinski definition) is 2. The lowest BCUT2D eigenvalue weighted by molar-refractivity contribution is -0.119. The monoisotopic (exact) mass is 267 g/mol. The number of nitrogens with zero attached hydrogens (tertiary/aromatic N) is 2. The molecule has 1 saturated carbocycles. The van der Waals surface area contributed by atoms with Gasteiger partial charge in [-0.25, -0.2) is 4.98 Å². The smallest absolute Gasteiger partial charge is 0.234 e. The molecule has 4 nitrogen and oxygen atoms in total. The van der Waals surface area contributed by atoms with Crippen LogP contribution in [0.1, 0.15) is 38.3 Å². The van der Waals surface area contributed by atoms with Crippen LogP contribution in [0.5, 0.6) is 0 Å². The Hall–Kier alpha value is -2.10. The molecule has 4 heteroatoms. The van der Waals surface area contributed by atoms with Gasteiger partial charge in [0, 0.05) is 23.5 Å². The van der Waals surface area contributed by atoms with Crippen LogP contribution in [0, 0.1) is 0 Å². The third-order valence-corrected chi connectivity index (χ3v) is 4.37. The van der Waals surface area contributed by atoms with Crippen LogP contribution in [0.4, 0.5) is 5.69 Å². The van der Waals surface area contributed by atoms with Gasteiger partial charge in [0.15, 0.2) is 0 Å². The Morgan fingerprint density at radius 2 is 2.15 bits per heavy atom. The Morgan fingerprint density at radius 1 is 1.35 bits per heavy atom.